The number of hydrogen-bond donors (Lipinski definition) is 1. The first-order valence-electron chi connectivity index (χ1n) is 7.44. The maximum atomic E-state index is 7.19. The Morgan fingerprint density at radius 2 is 2.13 bits per heavy atom. The first-order valence-corrected chi connectivity index (χ1v) is 7.82. The fourth-order valence-electron chi connectivity index (χ4n) is 2.77. The molecule has 0 amide bonds. The van der Waals surface area contributed by atoms with Crippen LogP contribution in [-0.2, 0) is 0 Å². The third-order valence-electron chi connectivity index (χ3n) is 3.95. The summed E-state index contributed by atoms with van der Waals surface area (Å²) >= 11 is 6.19. The summed E-state index contributed by atoms with van der Waals surface area (Å²) in [4.78, 5) is 7.93. The summed E-state index contributed by atoms with van der Waals surface area (Å²) in [5.74, 6) is 1.30. The Labute approximate surface area is 138 Å². The zero-order valence-electron chi connectivity index (χ0n) is 12.5. The first kappa shape index (κ1) is 14.0. The van der Waals surface area contributed by atoms with Crippen LogP contribution in [0.15, 0.2) is 30.5 Å². The Hall–Kier alpha value is -2.58. The average molecular weight is 324 g/mol. The smallest absolute Gasteiger partial charge is 0.189 e. The van der Waals surface area contributed by atoms with Crippen molar-refractivity contribution in [3.63, 3.8) is 0 Å². The maximum absolute atomic E-state index is 7.19. The second-order valence-electron chi connectivity index (χ2n) is 5.87. The lowest BCUT2D eigenvalue weighted by Gasteiger charge is -2.10. The van der Waals surface area contributed by atoms with Crippen LogP contribution in [0, 0.1) is 13.5 Å². The molecule has 1 fully saturated rings. The highest BCUT2D eigenvalue weighted by Gasteiger charge is 2.28. The summed E-state index contributed by atoms with van der Waals surface area (Å²) in [6, 6.07) is 7.40. The topological polar surface area (TPSA) is 46.6 Å². The van der Waals surface area contributed by atoms with Gasteiger partial charge in [0.2, 0.25) is 0 Å². The number of rotatable bonds is 3. The van der Waals surface area contributed by atoms with E-state index in [-0.39, 0.29) is 0 Å². The number of benzene rings is 1. The van der Waals surface area contributed by atoms with E-state index < -0.39 is 0 Å². The predicted molar refractivity (Wildman–Crippen MR) is 90.7 cm³/mol. The summed E-state index contributed by atoms with van der Waals surface area (Å²) in [7, 11) is 0. The fraction of sp³-hybridized carbons (Fsp3) is 0.235. The van der Waals surface area contributed by atoms with Crippen LogP contribution in [0.5, 0.6) is 0 Å². The largest absolute Gasteiger partial charge is 0.341 e. The van der Waals surface area contributed by atoms with Crippen molar-refractivity contribution in [2.24, 2.45) is 0 Å². The molecule has 0 bridgehead atoms. The molecule has 1 N–H and O–H groups in total. The van der Waals surface area contributed by atoms with Crippen molar-refractivity contribution in [1.82, 2.24) is 14.6 Å². The van der Waals surface area contributed by atoms with Crippen molar-refractivity contribution in [3.05, 3.63) is 58.2 Å². The molecule has 0 radical (unpaired) electrons. The molecule has 23 heavy (non-hydrogen) atoms. The fourth-order valence-corrected chi connectivity index (χ4v) is 2.95. The minimum Gasteiger partial charge on any atom is -0.341 e. The lowest BCUT2D eigenvalue weighted by atomic mass is 10.2. The molecular formula is C17H14ClN5. The molecule has 0 unspecified atom stereocenters. The van der Waals surface area contributed by atoms with Gasteiger partial charge in [0.1, 0.15) is 11.0 Å². The third-order valence-corrected chi connectivity index (χ3v) is 4.14. The zero-order valence-corrected chi connectivity index (χ0v) is 13.3. The van der Waals surface area contributed by atoms with Crippen LogP contribution >= 0.6 is 11.6 Å². The van der Waals surface area contributed by atoms with Gasteiger partial charge in [0.05, 0.1) is 12.8 Å². The molecule has 0 spiro atoms. The number of hydrogen-bond acceptors (Lipinski definition) is 3. The summed E-state index contributed by atoms with van der Waals surface area (Å²) in [6.07, 6.45) is 4.25. The number of halogens is 1. The number of nitrogens with one attached hydrogen (secondary N) is 1. The summed E-state index contributed by atoms with van der Waals surface area (Å²) in [5, 5.41) is 8.19. The Morgan fingerprint density at radius 1 is 1.30 bits per heavy atom. The Balaban J connectivity index is 1.80. The highest BCUT2D eigenvalue weighted by Crippen LogP contribution is 2.42. The van der Waals surface area contributed by atoms with Crippen LogP contribution in [0.4, 0.5) is 17.2 Å². The van der Waals surface area contributed by atoms with E-state index in [4.69, 9.17) is 18.2 Å². The van der Waals surface area contributed by atoms with Gasteiger partial charge in [0.25, 0.3) is 0 Å². The standard InChI is InChI=1S/C17H14ClN5/c1-10-5-12(19-2)7-13(6-10)21-16-8-15(18)22-17-14(11-3-4-11)9-20-23(16)17/h5-9,11,21H,3-4H2,1H3. The molecule has 2 aromatic heterocycles. The summed E-state index contributed by atoms with van der Waals surface area (Å²) < 4.78 is 1.78. The zero-order chi connectivity index (χ0) is 16.0. The molecule has 4 rings (SSSR count). The second-order valence-corrected chi connectivity index (χ2v) is 6.25. The predicted octanol–water partition coefficient (Wildman–Crippen LogP) is 4.86. The molecular weight excluding hydrogens is 310 g/mol. The molecule has 6 heteroatoms. The number of aryl methyl sites for hydroxylation is 1. The van der Waals surface area contributed by atoms with Crippen LogP contribution < -0.4 is 5.32 Å². The van der Waals surface area contributed by atoms with Crippen molar-refractivity contribution in [3.8, 4) is 0 Å². The second kappa shape index (κ2) is 5.25. The van der Waals surface area contributed by atoms with Gasteiger partial charge in [0.15, 0.2) is 11.3 Å². The van der Waals surface area contributed by atoms with E-state index in [2.05, 4.69) is 20.2 Å². The summed E-state index contributed by atoms with van der Waals surface area (Å²) in [6.45, 7) is 9.15. The van der Waals surface area contributed by atoms with Crippen LogP contribution in [0.3, 0.4) is 0 Å². The molecule has 1 aromatic carbocycles. The van der Waals surface area contributed by atoms with Gasteiger partial charge in [-0.1, -0.05) is 23.2 Å². The van der Waals surface area contributed by atoms with Crippen LogP contribution in [-0.4, -0.2) is 14.6 Å². The molecule has 2 heterocycles. The molecule has 1 saturated carbocycles. The van der Waals surface area contributed by atoms with Crippen molar-refractivity contribution in [2.75, 3.05) is 5.32 Å². The van der Waals surface area contributed by atoms with Gasteiger partial charge in [0, 0.05) is 17.3 Å². The van der Waals surface area contributed by atoms with E-state index in [1.165, 1.54) is 12.8 Å². The van der Waals surface area contributed by atoms with Gasteiger partial charge in [-0.05, 0) is 37.8 Å². The van der Waals surface area contributed by atoms with Crippen molar-refractivity contribution in [2.45, 2.75) is 25.7 Å². The van der Waals surface area contributed by atoms with Gasteiger partial charge in [-0.3, -0.25) is 0 Å². The third kappa shape index (κ3) is 2.62. The van der Waals surface area contributed by atoms with E-state index in [1.54, 1.807) is 10.6 Å². The number of anilines is 2. The molecule has 3 aromatic rings. The van der Waals surface area contributed by atoms with Gasteiger partial charge in [-0.25, -0.2) is 9.83 Å². The van der Waals surface area contributed by atoms with Gasteiger partial charge < -0.3 is 5.32 Å². The number of fused-ring (bicyclic) bond motifs is 1. The first-order chi connectivity index (χ1) is 11.1. The molecule has 5 nitrogen and oxygen atoms in total. The highest BCUT2D eigenvalue weighted by atomic mass is 35.5. The average Bonchev–Trinajstić information content (AvgIpc) is 3.26. The van der Waals surface area contributed by atoms with Crippen molar-refractivity contribution >= 4 is 34.4 Å². The maximum Gasteiger partial charge on any atom is 0.189 e. The monoisotopic (exact) mass is 323 g/mol. The van der Waals surface area contributed by atoms with Gasteiger partial charge >= 0.3 is 0 Å². The molecule has 0 aliphatic heterocycles. The summed E-state index contributed by atoms with van der Waals surface area (Å²) in [5.41, 5.74) is 4.42. The van der Waals surface area contributed by atoms with Crippen molar-refractivity contribution < 1.29 is 0 Å². The lowest BCUT2D eigenvalue weighted by molar-refractivity contribution is 0.947. The Morgan fingerprint density at radius 3 is 2.87 bits per heavy atom. The van der Waals surface area contributed by atoms with E-state index in [0.29, 0.717) is 16.8 Å². The van der Waals surface area contributed by atoms with Crippen LogP contribution in [0.25, 0.3) is 10.5 Å². The molecule has 0 saturated heterocycles. The minimum absolute atomic E-state index is 0.431. The molecule has 1 aliphatic carbocycles. The number of aromatic nitrogens is 3. The Kier molecular flexibility index (Phi) is 3.21. The SMILES string of the molecule is [C-]#[N+]c1cc(C)cc(Nc2cc(Cl)nc3c(C4CC4)cnn23)c1. The number of nitrogens with zero attached hydrogens (tertiary/aromatic N) is 4. The van der Waals surface area contributed by atoms with E-state index in [0.717, 1.165) is 28.3 Å². The van der Waals surface area contributed by atoms with Gasteiger partial charge in [-0.15, -0.1) is 0 Å². The van der Waals surface area contributed by atoms with E-state index in [1.807, 2.05) is 31.3 Å². The highest BCUT2D eigenvalue weighted by molar-refractivity contribution is 6.29. The van der Waals surface area contributed by atoms with E-state index in [9.17, 15) is 0 Å². The van der Waals surface area contributed by atoms with Crippen molar-refractivity contribution in [1.29, 1.82) is 0 Å². The van der Waals surface area contributed by atoms with E-state index >= 15 is 0 Å². The van der Waals surface area contributed by atoms with Crippen LogP contribution in [0.1, 0.15) is 29.9 Å². The lowest BCUT2D eigenvalue weighted by Crippen LogP contribution is -2.02. The minimum atomic E-state index is 0.431. The molecule has 114 valence electrons. The van der Waals surface area contributed by atoms with Crippen LogP contribution in [0.2, 0.25) is 5.15 Å². The quantitative estimate of drug-likeness (QED) is 0.553. The molecule has 1 aliphatic rings. The van der Waals surface area contributed by atoms with Gasteiger partial charge in [-0.2, -0.15) is 9.61 Å². The Bertz CT molecular complexity index is 950. The molecule has 0 atom stereocenters. The normalized spacial score (nSPS) is 14.0.